The highest BCUT2D eigenvalue weighted by Crippen LogP contribution is 2.35. The van der Waals surface area contributed by atoms with Gasteiger partial charge in [0.2, 0.25) is 10.0 Å². The number of carbonyl (C=O) groups is 2. The second kappa shape index (κ2) is 5.77. The Bertz CT molecular complexity index is 801. The monoisotopic (exact) mass is 352 g/mol. The average Bonchev–Trinajstić information content (AvgIpc) is 3.23. The van der Waals surface area contributed by atoms with Crippen molar-refractivity contribution in [1.82, 2.24) is 4.90 Å². The zero-order valence-corrected chi connectivity index (χ0v) is 14.4. The first-order valence-corrected chi connectivity index (χ1v) is 9.68. The lowest BCUT2D eigenvalue weighted by Crippen LogP contribution is -2.37. The SMILES string of the molecule is C[C@H]1Cc2cc(C(=O)N(CC(=O)O)C3CC3)ccc2N1S(C)(=O)=O. The number of amides is 1. The van der Waals surface area contributed by atoms with Crippen LogP contribution >= 0.6 is 0 Å². The Labute approximate surface area is 140 Å². The molecule has 0 spiro atoms. The van der Waals surface area contributed by atoms with Gasteiger partial charge in [-0.15, -0.1) is 0 Å². The number of carboxylic acids is 1. The van der Waals surface area contributed by atoms with E-state index in [0.717, 1.165) is 18.4 Å². The summed E-state index contributed by atoms with van der Waals surface area (Å²) in [5, 5.41) is 9.00. The molecule has 0 aromatic heterocycles. The van der Waals surface area contributed by atoms with Crippen LogP contribution in [0.1, 0.15) is 35.7 Å². The van der Waals surface area contributed by atoms with Crippen LogP contribution in [-0.2, 0) is 21.2 Å². The van der Waals surface area contributed by atoms with Crippen molar-refractivity contribution >= 4 is 27.6 Å². The second-order valence-corrected chi connectivity index (χ2v) is 8.37. The van der Waals surface area contributed by atoms with Gasteiger partial charge in [-0.1, -0.05) is 0 Å². The van der Waals surface area contributed by atoms with Crippen LogP contribution in [0.25, 0.3) is 0 Å². The molecular weight excluding hydrogens is 332 g/mol. The maximum Gasteiger partial charge on any atom is 0.323 e. The normalized spacial score (nSPS) is 19.9. The van der Waals surface area contributed by atoms with E-state index in [1.807, 2.05) is 6.92 Å². The number of aliphatic carboxylic acids is 1. The number of fused-ring (bicyclic) bond motifs is 1. The maximum atomic E-state index is 12.7. The molecule has 24 heavy (non-hydrogen) atoms. The third kappa shape index (κ3) is 3.10. The van der Waals surface area contributed by atoms with Crippen molar-refractivity contribution in [2.24, 2.45) is 0 Å². The minimum atomic E-state index is -3.37. The van der Waals surface area contributed by atoms with Crippen LogP contribution in [0, 0.1) is 0 Å². The van der Waals surface area contributed by atoms with Gasteiger partial charge in [0, 0.05) is 17.6 Å². The van der Waals surface area contributed by atoms with Gasteiger partial charge in [-0.2, -0.15) is 0 Å². The molecule has 0 radical (unpaired) electrons. The van der Waals surface area contributed by atoms with Gasteiger partial charge in [0.05, 0.1) is 11.9 Å². The van der Waals surface area contributed by atoms with Gasteiger partial charge in [-0.3, -0.25) is 13.9 Å². The second-order valence-electron chi connectivity index (χ2n) is 6.51. The number of nitrogens with zero attached hydrogens (tertiary/aromatic N) is 2. The Morgan fingerprint density at radius 2 is 2.00 bits per heavy atom. The first-order chi connectivity index (χ1) is 11.2. The van der Waals surface area contributed by atoms with E-state index in [4.69, 9.17) is 5.11 Å². The van der Waals surface area contributed by atoms with E-state index in [0.29, 0.717) is 17.7 Å². The molecule has 1 fully saturated rings. The first-order valence-electron chi connectivity index (χ1n) is 7.83. The van der Waals surface area contributed by atoms with E-state index in [2.05, 4.69) is 0 Å². The molecule has 0 bridgehead atoms. The summed E-state index contributed by atoms with van der Waals surface area (Å²) in [7, 11) is -3.37. The summed E-state index contributed by atoms with van der Waals surface area (Å²) in [5.41, 5.74) is 1.80. The summed E-state index contributed by atoms with van der Waals surface area (Å²) >= 11 is 0. The smallest absolute Gasteiger partial charge is 0.323 e. The van der Waals surface area contributed by atoms with Crippen molar-refractivity contribution in [1.29, 1.82) is 0 Å². The first kappa shape index (κ1) is 16.8. The Kier molecular flexibility index (Phi) is 4.03. The molecule has 1 amide bonds. The lowest BCUT2D eigenvalue weighted by atomic mass is 10.1. The summed E-state index contributed by atoms with van der Waals surface area (Å²) in [6.07, 6.45) is 3.34. The van der Waals surface area contributed by atoms with Crippen LogP contribution in [0.4, 0.5) is 5.69 Å². The molecule has 0 unspecified atom stereocenters. The van der Waals surface area contributed by atoms with Crippen molar-refractivity contribution in [2.75, 3.05) is 17.1 Å². The van der Waals surface area contributed by atoms with Crippen molar-refractivity contribution in [3.63, 3.8) is 0 Å². The fourth-order valence-electron chi connectivity index (χ4n) is 3.31. The van der Waals surface area contributed by atoms with Crippen LogP contribution in [-0.4, -0.2) is 55.2 Å². The van der Waals surface area contributed by atoms with Gasteiger partial charge < -0.3 is 10.0 Å². The zero-order valence-electron chi connectivity index (χ0n) is 13.6. The number of hydrogen-bond donors (Lipinski definition) is 1. The number of carboxylic acid groups (broad SMARTS) is 1. The van der Waals surface area contributed by atoms with Gasteiger partial charge >= 0.3 is 5.97 Å². The predicted molar refractivity (Wildman–Crippen MR) is 88.6 cm³/mol. The van der Waals surface area contributed by atoms with Crippen LogP contribution in [0.3, 0.4) is 0 Å². The third-order valence-electron chi connectivity index (χ3n) is 4.39. The highest BCUT2D eigenvalue weighted by atomic mass is 32.2. The molecule has 7 nitrogen and oxygen atoms in total. The van der Waals surface area contributed by atoms with E-state index < -0.39 is 16.0 Å². The highest BCUT2D eigenvalue weighted by Gasteiger charge is 2.36. The van der Waals surface area contributed by atoms with Gasteiger partial charge in [-0.25, -0.2) is 8.42 Å². The summed E-state index contributed by atoms with van der Waals surface area (Å²) in [5.74, 6) is -1.35. The zero-order chi connectivity index (χ0) is 17.6. The maximum absolute atomic E-state index is 12.7. The van der Waals surface area contributed by atoms with Crippen LogP contribution in [0.15, 0.2) is 18.2 Å². The molecule has 1 aliphatic heterocycles. The lowest BCUT2D eigenvalue weighted by Gasteiger charge is -2.22. The number of anilines is 1. The van der Waals surface area contributed by atoms with Crippen LogP contribution in [0.2, 0.25) is 0 Å². The van der Waals surface area contributed by atoms with E-state index in [1.54, 1.807) is 18.2 Å². The molecular formula is C16H20N2O5S. The topological polar surface area (TPSA) is 95.0 Å². The Morgan fingerprint density at radius 3 is 2.54 bits per heavy atom. The van der Waals surface area contributed by atoms with Gasteiger partial charge in [0.15, 0.2) is 0 Å². The fourth-order valence-corrected chi connectivity index (χ4v) is 4.57. The quantitative estimate of drug-likeness (QED) is 0.856. The number of sulfonamides is 1. The number of carbonyl (C=O) groups excluding carboxylic acids is 1. The molecule has 2 aliphatic rings. The van der Waals surface area contributed by atoms with Crippen molar-refractivity contribution < 1.29 is 23.1 Å². The van der Waals surface area contributed by atoms with Crippen LogP contribution in [0.5, 0.6) is 0 Å². The lowest BCUT2D eigenvalue weighted by molar-refractivity contribution is -0.137. The number of hydrogen-bond acceptors (Lipinski definition) is 4. The molecule has 8 heteroatoms. The Morgan fingerprint density at radius 1 is 1.33 bits per heavy atom. The highest BCUT2D eigenvalue weighted by molar-refractivity contribution is 7.92. The molecule has 1 atom stereocenters. The van der Waals surface area contributed by atoms with Crippen molar-refractivity contribution in [2.45, 2.75) is 38.3 Å². The molecule has 1 aromatic rings. The summed E-state index contributed by atoms with van der Waals surface area (Å²) in [6, 6.07) is 4.71. The minimum Gasteiger partial charge on any atom is -0.480 e. The molecule has 1 aliphatic carbocycles. The molecule has 1 saturated carbocycles. The third-order valence-corrected chi connectivity index (χ3v) is 5.66. The van der Waals surface area contributed by atoms with E-state index >= 15 is 0 Å². The van der Waals surface area contributed by atoms with E-state index in [1.165, 1.54) is 15.5 Å². The fraction of sp³-hybridized carbons (Fsp3) is 0.500. The van der Waals surface area contributed by atoms with Gasteiger partial charge in [0.25, 0.3) is 5.91 Å². The molecule has 1 aromatic carbocycles. The van der Waals surface area contributed by atoms with Crippen molar-refractivity contribution in [3.05, 3.63) is 29.3 Å². The summed E-state index contributed by atoms with van der Waals surface area (Å²) < 4.78 is 25.2. The van der Waals surface area contributed by atoms with E-state index in [-0.39, 0.29) is 24.5 Å². The number of rotatable bonds is 5. The summed E-state index contributed by atoms with van der Waals surface area (Å²) in [6.45, 7) is 1.51. The predicted octanol–water partition coefficient (Wildman–Crippen LogP) is 1.09. The Balaban J connectivity index is 1.91. The Hall–Kier alpha value is -2.09. The average molecular weight is 352 g/mol. The standard InChI is InChI=1S/C16H20N2O5S/c1-10-7-12-8-11(3-6-14(12)18(10)24(2,22)23)16(21)17(9-15(19)20)13-4-5-13/h3,6,8,10,13H,4-5,7,9H2,1-2H3,(H,19,20)/t10-/m0/s1. The molecule has 130 valence electrons. The minimum absolute atomic E-state index is 0.00621. The largest absolute Gasteiger partial charge is 0.480 e. The van der Waals surface area contributed by atoms with Crippen LogP contribution < -0.4 is 4.31 Å². The summed E-state index contributed by atoms with van der Waals surface area (Å²) in [4.78, 5) is 25.0. The van der Waals surface area contributed by atoms with E-state index in [9.17, 15) is 18.0 Å². The van der Waals surface area contributed by atoms with Gasteiger partial charge in [0.1, 0.15) is 6.54 Å². The molecule has 0 saturated heterocycles. The number of benzene rings is 1. The van der Waals surface area contributed by atoms with Gasteiger partial charge in [-0.05, 0) is 49.9 Å². The van der Waals surface area contributed by atoms with Crippen molar-refractivity contribution in [3.8, 4) is 0 Å². The molecule has 1 N–H and O–H groups in total. The molecule has 1 heterocycles. The molecule has 3 rings (SSSR count).